The fourth-order valence-corrected chi connectivity index (χ4v) is 1.83. The minimum Gasteiger partial charge on any atom is -0.481 e. The molecule has 16 heavy (non-hydrogen) atoms. The Bertz CT molecular complexity index is 291. The molecule has 2 atom stereocenters. The van der Waals surface area contributed by atoms with Gasteiger partial charge >= 0.3 is 5.97 Å². The molecular formula is C11H18N2O3. The Kier molecular flexibility index (Phi) is 4.49. The molecule has 0 aromatic rings. The van der Waals surface area contributed by atoms with Crippen molar-refractivity contribution in [2.24, 2.45) is 5.92 Å². The van der Waals surface area contributed by atoms with E-state index in [1.807, 2.05) is 4.90 Å². The van der Waals surface area contributed by atoms with Crippen LogP contribution in [0.2, 0.25) is 0 Å². The maximum atomic E-state index is 11.6. The van der Waals surface area contributed by atoms with Crippen LogP contribution in [0.4, 0.5) is 0 Å². The zero-order valence-corrected chi connectivity index (χ0v) is 9.48. The van der Waals surface area contributed by atoms with Gasteiger partial charge in [0, 0.05) is 13.1 Å². The summed E-state index contributed by atoms with van der Waals surface area (Å²) in [5.41, 5.74) is 0. The molecule has 1 heterocycles. The van der Waals surface area contributed by atoms with E-state index in [2.05, 4.69) is 11.9 Å². The van der Waals surface area contributed by atoms with Gasteiger partial charge in [-0.3, -0.25) is 14.5 Å². The van der Waals surface area contributed by atoms with Gasteiger partial charge in [0.1, 0.15) is 0 Å². The van der Waals surface area contributed by atoms with Crippen LogP contribution in [0.25, 0.3) is 0 Å². The van der Waals surface area contributed by atoms with E-state index in [4.69, 9.17) is 5.11 Å². The van der Waals surface area contributed by atoms with Crippen molar-refractivity contribution in [3.63, 3.8) is 0 Å². The lowest BCUT2D eigenvalue weighted by Gasteiger charge is -2.22. The zero-order valence-electron chi connectivity index (χ0n) is 9.48. The van der Waals surface area contributed by atoms with Gasteiger partial charge in [-0.05, 0) is 19.9 Å². The summed E-state index contributed by atoms with van der Waals surface area (Å²) in [6.07, 6.45) is 2.24. The van der Waals surface area contributed by atoms with Crippen LogP contribution in [0.1, 0.15) is 13.3 Å². The highest BCUT2D eigenvalue weighted by molar-refractivity contribution is 5.81. The van der Waals surface area contributed by atoms with Gasteiger partial charge in [-0.25, -0.2) is 0 Å². The van der Waals surface area contributed by atoms with Crippen LogP contribution >= 0.6 is 0 Å². The molecule has 0 radical (unpaired) electrons. The van der Waals surface area contributed by atoms with E-state index in [9.17, 15) is 9.59 Å². The zero-order chi connectivity index (χ0) is 12.1. The number of carbonyl (C=O) groups excluding carboxylic acids is 1. The second-order valence-electron chi connectivity index (χ2n) is 4.03. The molecule has 2 N–H and O–H groups in total. The van der Waals surface area contributed by atoms with Crippen molar-refractivity contribution in [3.05, 3.63) is 12.7 Å². The van der Waals surface area contributed by atoms with Gasteiger partial charge in [0.05, 0.1) is 12.0 Å². The van der Waals surface area contributed by atoms with Crippen LogP contribution in [-0.4, -0.2) is 47.6 Å². The first-order valence-electron chi connectivity index (χ1n) is 5.41. The Labute approximate surface area is 95.1 Å². The van der Waals surface area contributed by atoms with Gasteiger partial charge in [0.2, 0.25) is 5.91 Å². The number of hydrogen-bond acceptors (Lipinski definition) is 3. The summed E-state index contributed by atoms with van der Waals surface area (Å²) in [5, 5.41) is 11.6. The Morgan fingerprint density at radius 3 is 2.88 bits per heavy atom. The fourth-order valence-electron chi connectivity index (χ4n) is 1.83. The Morgan fingerprint density at radius 2 is 2.38 bits per heavy atom. The number of carboxylic acids is 1. The summed E-state index contributed by atoms with van der Waals surface area (Å²) in [7, 11) is 0. The minimum absolute atomic E-state index is 0.0778. The topological polar surface area (TPSA) is 69.6 Å². The molecule has 1 saturated heterocycles. The van der Waals surface area contributed by atoms with E-state index < -0.39 is 5.97 Å². The van der Waals surface area contributed by atoms with Gasteiger partial charge in [0.15, 0.2) is 0 Å². The minimum atomic E-state index is -0.777. The SMILES string of the molecule is C=CCNC(=O)C(C)N1CCC(C(=O)O)C1. The van der Waals surface area contributed by atoms with E-state index in [1.54, 1.807) is 13.0 Å². The molecule has 1 rings (SSSR count). The lowest BCUT2D eigenvalue weighted by molar-refractivity contribution is -0.141. The molecule has 90 valence electrons. The van der Waals surface area contributed by atoms with Crippen LogP contribution in [0.3, 0.4) is 0 Å². The number of amides is 1. The average Bonchev–Trinajstić information content (AvgIpc) is 2.74. The van der Waals surface area contributed by atoms with Crippen molar-refractivity contribution in [1.82, 2.24) is 10.2 Å². The van der Waals surface area contributed by atoms with Crippen molar-refractivity contribution < 1.29 is 14.7 Å². The Hall–Kier alpha value is -1.36. The maximum absolute atomic E-state index is 11.6. The summed E-state index contributed by atoms with van der Waals surface area (Å²) < 4.78 is 0. The maximum Gasteiger partial charge on any atom is 0.307 e. The third-order valence-corrected chi connectivity index (χ3v) is 2.92. The predicted molar refractivity (Wildman–Crippen MR) is 60.0 cm³/mol. The Morgan fingerprint density at radius 1 is 1.69 bits per heavy atom. The molecule has 2 unspecified atom stereocenters. The van der Waals surface area contributed by atoms with Gasteiger partial charge < -0.3 is 10.4 Å². The van der Waals surface area contributed by atoms with Gasteiger partial charge in [0.25, 0.3) is 0 Å². The quantitative estimate of drug-likeness (QED) is 0.652. The van der Waals surface area contributed by atoms with Gasteiger partial charge in [-0.2, -0.15) is 0 Å². The summed E-state index contributed by atoms with van der Waals surface area (Å²) in [5.74, 6) is -1.19. The number of likely N-dealkylation sites (tertiary alicyclic amines) is 1. The molecule has 0 spiro atoms. The third-order valence-electron chi connectivity index (χ3n) is 2.92. The summed E-state index contributed by atoms with van der Waals surface area (Å²) in [6.45, 7) is 6.88. The van der Waals surface area contributed by atoms with Gasteiger partial charge in [-0.15, -0.1) is 6.58 Å². The highest BCUT2D eigenvalue weighted by Gasteiger charge is 2.32. The van der Waals surface area contributed by atoms with E-state index in [0.717, 1.165) is 0 Å². The van der Waals surface area contributed by atoms with E-state index in [0.29, 0.717) is 26.1 Å². The second-order valence-corrected chi connectivity index (χ2v) is 4.03. The molecule has 1 aliphatic rings. The third kappa shape index (κ3) is 3.06. The molecule has 0 aliphatic carbocycles. The van der Waals surface area contributed by atoms with Crippen molar-refractivity contribution in [2.45, 2.75) is 19.4 Å². The van der Waals surface area contributed by atoms with Crippen LogP contribution in [0.15, 0.2) is 12.7 Å². The molecule has 0 bridgehead atoms. The van der Waals surface area contributed by atoms with Crippen molar-refractivity contribution >= 4 is 11.9 Å². The standard InChI is InChI=1S/C11H18N2O3/c1-3-5-12-10(14)8(2)13-6-4-9(7-13)11(15)16/h3,8-9H,1,4-7H2,2H3,(H,12,14)(H,15,16). The molecule has 1 amide bonds. The molecule has 1 fully saturated rings. The van der Waals surface area contributed by atoms with Crippen LogP contribution in [0, 0.1) is 5.92 Å². The first-order valence-corrected chi connectivity index (χ1v) is 5.41. The summed E-state index contributed by atoms with van der Waals surface area (Å²) in [4.78, 5) is 24.3. The molecule has 0 saturated carbocycles. The molecule has 0 aromatic carbocycles. The lowest BCUT2D eigenvalue weighted by atomic mass is 10.1. The normalized spacial score (nSPS) is 22.7. The first kappa shape index (κ1) is 12.7. The van der Waals surface area contributed by atoms with E-state index >= 15 is 0 Å². The fraction of sp³-hybridized carbons (Fsp3) is 0.636. The molecule has 0 aromatic heterocycles. The second kappa shape index (κ2) is 5.65. The number of carboxylic acid groups (broad SMARTS) is 1. The van der Waals surface area contributed by atoms with Crippen LogP contribution in [-0.2, 0) is 9.59 Å². The van der Waals surface area contributed by atoms with Crippen molar-refractivity contribution in [2.75, 3.05) is 19.6 Å². The number of hydrogen-bond donors (Lipinski definition) is 2. The predicted octanol–water partition coefficient (Wildman–Crippen LogP) is 0.0836. The monoisotopic (exact) mass is 226 g/mol. The molecule has 5 nitrogen and oxygen atoms in total. The van der Waals surface area contributed by atoms with Crippen LogP contribution < -0.4 is 5.32 Å². The smallest absolute Gasteiger partial charge is 0.307 e. The largest absolute Gasteiger partial charge is 0.481 e. The lowest BCUT2D eigenvalue weighted by Crippen LogP contribution is -2.44. The van der Waals surface area contributed by atoms with Crippen molar-refractivity contribution in [1.29, 1.82) is 0 Å². The van der Waals surface area contributed by atoms with Crippen molar-refractivity contribution in [3.8, 4) is 0 Å². The summed E-state index contributed by atoms with van der Waals surface area (Å²) >= 11 is 0. The Balaban J connectivity index is 2.43. The van der Waals surface area contributed by atoms with E-state index in [1.165, 1.54) is 0 Å². The van der Waals surface area contributed by atoms with Crippen LogP contribution in [0.5, 0.6) is 0 Å². The molecular weight excluding hydrogens is 208 g/mol. The molecule has 5 heteroatoms. The highest BCUT2D eigenvalue weighted by atomic mass is 16.4. The van der Waals surface area contributed by atoms with Gasteiger partial charge in [-0.1, -0.05) is 6.08 Å². The average molecular weight is 226 g/mol. The first-order chi connectivity index (χ1) is 7.56. The van der Waals surface area contributed by atoms with E-state index in [-0.39, 0.29) is 17.9 Å². The number of carbonyl (C=O) groups is 2. The number of nitrogens with one attached hydrogen (secondary N) is 1. The number of aliphatic carboxylic acids is 1. The number of rotatable bonds is 5. The highest BCUT2D eigenvalue weighted by Crippen LogP contribution is 2.18. The molecule has 1 aliphatic heterocycles. The number of nitrogens with zero attached hydrogens (tertiary/aromatic N) is 1. The summed E-state index contributed by atoms with van der Waals surface area (Å²) in [6, 6.07) is -0.274.